The maximum atomic E-state index is 13.7. The lowest BCUT2D eigenvalue weighted by molar-refractivity contribution is 0.503. The molecule has 1 aliphatic rings. The predicted octanol–water partition coefficient (Wildman–Crippen LogP) is 2.28. The highest BCUT2D eigenvalue weighted by Gasteiger charge is 2.19. The van der Waals surface area contributed by atoms with Gasteiger partial charge < -0.3 is 10.6 Å². The molecule has 0 aliphatic carbocycles. The van der Waals surface area contributed by atoms with E-state index < -0.39 is 11.6 Å². The number of aromatic amines is 1. The van der Waals surface area contributed by atoms with Crippen LogP contribution in [0.15, 0.2) is 24.3 Å². The Hall–Kier alpha value is -1.95. The summed E-state index contributed by atoms with van der Waals surface area (Å²) in [5.74, 6) is -0.442. The Morgan fingerprint density at radius 1 is 1.30 bits per heavy atom. The van der Waals surface area contributed by atoms with Gasteiger partial charge >= 0.3 is 0 Å². The minimum absolute atomic E-state index is 0.145. The Kier molecular flexibility index (Phi) is 3.40. The first-order valence-corrected chi connectivity index (χ1v) is 6.65. The first-order valence-electron chi connectivity index (χ1n) is 6.65. The molecule has 6 heteroatoms. The Bertz CT molecular complexity index is 611. The minimum atomic E-state index is -0.601. The normalized spacial score (nSPS) is 19.4. The number of hydrogen-bond acceptors (Lipinski definition) is 3. The van der Waals surface area contributed by atoms with E-state index in [1.165, 1.54) is 12.1 Å². The van der Waals surface area contributed by atoms with Crippen molar-refractivity contribution >= 4 is 5.82 Å². The highest BCUT2D eigenvalue weighted by molar-refractivity contribution is 5.63. The third-order valence-corrected chi connectivity index (χ3v) is 3.57. The minimum Gasteiger partial charge on any atom is -0.354 e. The fraction of sp³-hybridized carbons (Fsp3) is 0.357. The van der Waals surface area contributed by atoms with E-state index in [1.807, 2.05) is 0 Å². The zero-order valence-electron chi connectivity index (χ0n) is 10.9. The summed E-state index contributed by atoms with van der Waals surface area (Å²) in [4.78, 5) is 2.08. The van der Waals surface area contributed by atoms with E-state index in [4.69, 9.17) is 5.73 Å². The number of hydrogen-bond donors (Lipinski definition) is 2. The van der Waals surface area contributed by atoms with Gasteiger partial charge in [0.2, 0.25) is 0 Å². The van der Waals surface area contributed by atoms with Crippen LogP contribution in [0.1, 0.15) is 12.8 Å². The van der Waals surface area contributed by atoms with Crippen molar-refractivity contribution in [1.82, 2.24) is 10.2 Å². The van der Waals surface area contributed by atoms with Crippen molar-refractivity contribution in [2.45, 2.75) is 18.9 Å². The average Bonchev–Trinajstić information content (AvgIpc) is 2.88. The fourth-order valence-corrected chi connectivity index (χ4v) is 2.54. The molecule has 0 saturated carbocycles. The molecule has 20 heavy (non-hydrogen) atoms. The number of piperidine rings is 1. The molecule has 1 atom stereocenters. The van der Waals surface area contributed by atoms with Crippen molar-refractivity contribution in [3.8, 4) is 11.3 Å². The van der Waals surface area contributed by atoms with Crippen LogP contribution in [0.5, 0.6) is 0 Å². The lowest BCUT2D eigenvalue weighted by Crippen LogP contribution is -2.43. The van der Waals surface area contributed by atoms with Gasteiger partial charge in [-0.1, -0.05) is 0 Å². The number of rotatable bonds is 2. The summed E-state index contributed by atoms with van der Waals surface area (Å²) in [5, 5.41) is 7.00. The van der Waals surface area contributed by atoms with Gasteiger partial charge in [0.25, 0.3) is 0 Å². The number of nitrogens with one attached hydrogen (secondary N) is 1. The third kappa shape index (κ3) is 2.51. The number of aromatic nitrogens is 2. The molecule has 4 nitrogen and oxygen atoms in total. The molecule has 0 spiro atoms. The average molecular weight is 278 g/mol. The number of nitrogens with two attached hydrogens (primary N) is 1. The van der Waals surface area contributed by atoms with Crippen molar-refractivity contribution in [2.24, 2.45) is 5.73 Å². The van der Waals surface area contributed by atoms with Crippen molar-refractivity contribution in [1.29, 1.82) is 0 Å². The highest BCUT2D eigenvalue weighted by atomic mass is 19.1. The van der Waals surface area contributed by atoms with Crippen LogP contribution in [0.25, 0.3) is 11.3 Å². The lowest BCUT2D eigenvalue weighted by atomic mass is 10.1. The van der Waals surface area contributed by atoms with E-state index in [2.05, 4.69) is 15.1 Å². The van der Waals surface area contributed by atoms with Gasteiger partial charge in [-0.25, -0.2) is 8.78 Å². The number of halogens is 2. The molecule has 1 aromatic heterocycles. The number of anilines is 1. The topological polar surface area (TPSA) is 57.9 Å². The van der Waals surface area contributed by atoms with E-state index in [9.17, 15) is 8.78 Å². The Balaban J connectivity index is 1.86. The van der Waals surface area contributed by atoms with Gasteiger partial charge in [-0.3, -0.25) is 5.10 Å². The largest absolute Gasteiger partial charge is 0.354 e. The SMILES string of the molecule is NC1CCCN(c2cc(-c3ccc(F)cc3F)[nH]n2)C1. The molecule has 1 unspecified atom stereocenters. The number of nitrogens with zero attached hydrogens (tertiary/aromatic N) is 2. The molecule has 1 aliphatic heterocycles. The van der Waals surface area contributed by atoms with Crippen molar-refractivity contribution < 1.29 is 8.78 Å². The van der Waals surface area contributed by atoms with Crippen LogP contribution >= 0.6 is 0 Å². The van der Waals surface area contributed by atoms with Crippen LogP contribution in [0.4, 0.5) is 14.6 Å². The second-order valence-corrected chi connectivity index (χ2v) is 5.11. The monoisotopic (exact) mass is 278 g/mol. The number of H-pyrrole nitrogens is 1. The van der Waals surface area contributed by atoms with Crippen LogP contribution in [0.2, 0.25) is 0 Å². The summed E-state index contributed by atoms with van der Waals surface area (Å²) < 4.78 is 26.6. The first kappa shape index (κ1) is 13.1. The van der Waals surface area contributed by atoms with Crippen molar-refractivity contribution in [3.05, 3.63) is 35.9 Å². The molecule has 1 aromatic carbocycles. The maximum Gasteiger partial charge on any atom is 0.151 e. The molecule has 1 saturated heterocycles. The van der Waals surface area contributed by atoms with E-state index in [-0.39, 0.29) is 6.04 Å². The van der Waals surface area contributed by atoms with Gasteiger partial charge in [0.15, 0.2) is 5.82 Å². The molecular formula is C14H16F2N4. The molecule has 0 amide bonds. The molecule has 0 bridgehead atoms. The van der Waals surface area contributed by atoms with Crippen LogP contribution < -0.4 is 10.6 Å². The molecule has 2 heterocycles. The fourth-order valence-electron chi connectivity index (χ4n) is 2.54. The third-order valence-electron chi connectivity index (χ3n) is 3.57. The van der Waals surface area contributed by atoms with Crippen LogP contribution in [-0.4, -0.2) is 29.3 Å². The summed E-state index contributed by atoms with van der Waals surface area (Å²) in [7, 11) is 0. The second-order valence-electron chi connectivity index (χ2n) is 5.11. The molecular weight excluding hydrogens is 262 g/mol. The molecule has 1 fully saturated rings. The van der Waals surface area contributed by atoms with Gasteiger partial charge in [0, 0.05) is 36.8 Å². The van der Waals surface area contributed by atoms with E-state index in [0.29, 0.717) is 11.3 Å². The van der Waals surface area contributed by atoms with Crippen LogP contribution in [-0.2, 0) is 0 Å². The van der Waals surface area contributed by atoms with Crippen LogP contribution in [0.3, 0.4) is 0 Å². The quantitative estimate of drug-likeness (QED) is 0.886. The standard InChI is InChI=1S/C14H16F2N4/c15-9-3-4-11(12(16)6-9)13-7-14(19-18-13)20-5-1-2-10(17)8-20/h3-4,6-7,10H,1-2,5,8,17H2,(H,18,19). The van der Waals surface area contributed by atoms with Crippen molar-refractivity contribution in [2.75, 3.05) is 18.0 Å². The smallest absolute Gasteiger partial charge is 0.151 e. The van der Waals surface area contributed by atoms with Crippen molar-refractivity contribution in [3.63, 3.8) is 0 Å². The summed E-state index contributed by atoms with van der Waals surface area (Å²) in [6.07, 6.45) is 2.04. The molecule has 0 radical (unpaired) electrons. The second kappa shape index (κ2) is 5.20. The van der Waals surface area contributed by atoms with E-state index in [1.54, 1.807) is 6.07 Å². The van der Waals surface area contributed by atoms with E-state index in [0.717, 1.165) is 37.8 Å². The van der Waals surface area contributed by atoms with Gasteiger partial charge in [-0.15, -0.1) is 0 Å². The van der Waals surface area contributed by atoms with Gasteiger partial charge in [0.05, 0.1) is 5.69 Å². The maximum absolute atomic E-state index is 13.7. The summed E-state index contributed by atoms with van der Waals surface area (Å²) in [5.41, 5.74) is 6.79. The summed E-state index contributed by atoms with van der Waals surface area (Å²) >= 11 is 0. The van der Waals surface area contributed by atoms with Gasteiger partial charge in [-0.05, 0) is 25.0 Å². The molecule has 106 valence electrons. The van der Waals surface area contributed by atoms with Crippen LogP contribution in [0, 0.1) is 11.6 Å². The zero-order chi connectivity index (χ0) is 14.1. The predicted molar refractivity (Wildman–Crippen MR) is 73.4 cm³/mol. The Morgan fingerprint density at radius 2 is 2.15 bits per heavy atom. The molecule has 3 rings (SSSR count). The summed E-state index contributed by atoms with van der Waals surface area (Å²) in [6, 6.07) is 5.42. The van der Waals surface area contributed by atoms with Gasteiger partial charge in [0.1, 0.15) is 11.6 Å². The Morgan fingerprint density at radius 3 is 2.90 bits per heavy atom. The molecule has 2 aromatic rings. The summed E-state index contributed by atoms with van der Waals surface area (Å²) in [6.45, 7) is 1.64. The first-order chi connectivity index (χ1) is 9.63. The highest BCUT2D eigenvalue weighted by Crippen LogP contribution is 2.26. The zero-order valence-corrected chi connectivity index (χ0v) is 10.9. The lowest BCUT2D eigenvalue weighted by Gasteiger charge is -2.30. The van der Waals surface area contributed by atoms with Gasteiger partial charge in [-0.2, -0.15) is 5.10 Å². The number of benzene rings is 1. The molecule has 3 N–H and O–H groups in total. The van der Waals surface area contributed by atoms with E-state index >= 15 is 0 Å². The Labute approximate surface area is 115 Å².